The average Bonchev–Trinajstić information content (AvgIpc) is 2.83. The van der Waals surface area contributed by atoms with Gasteiger partial charge in [0, 0.05) is 28.8 Å². The molecule has 0 saturated heterocycles. The summed E-state index contributed by atoms with van der Waals surface area (Å²) in [6.45, 7) is 0. The lowest BCUT2D eigenvalue weighted by molar-refractivity contribution is 0.102. The number of rotatable bonds is 6. The molecule has 0 unspecified atom stereocenters. The molecule has 4 aromatic rings. The topological polar surface area (TPSA) is 65.8 Å². The molecule has 0 bridgehead atoms. The van der Waals surface area contributed by atoms with Crippen molar-refractivity contribution < 1.29 is 4.79 Å². The van der Waals surface area contributed by atoms with Crippen LogP contribution in [0.1, 0.15) is 21.5 Å². The molecule has 5 heteroatoms. The highest BCUT2D eigenvalue weighted by molar-refractivity contribution is 7.98. The molecule has 4 nitrogen and oxygen atoms in total. The Morgan fingerprint density at radius 3 is 2.48 bits per heavy atom. The number of benzene rings is 3. The molecule has 0 atom stereocenters. The Morgan fingerprint density at radius 1 is 0.903 bits per heavy atom. The quantitative estimate of drug-likeness (QED) is 0.378. The Labute approximate surface area is 185 Å². The normalized spacial score (nSPS) is 10.3. The van der Waals surface area contributed by atoms with Crippen molar-refractivity contribution in [2.24, 2.45) is 0 Å². The van der Waals surface area contributed by atoms with Crippen molar-refractivity contribution in [1.82, 2.24) is 4.98 Å². The first-order valence-corrected chi connectivity index (χ1v) is 10.8. The molecule has 0 aliphatic heterocycles. The standard InChI is InChI=1S/C26H19N3OS/c27-17-20-9-1-2-11-22(20)23-12-3-4-13-24(23)26(30)29-21-10-7-8-19(16-21)18-31-25-14-5-6-15-28-25/h1-16H,18H2,(H,29,30). The number of anilines is 1. The van der Waals surface area contributed by atoms with Crippen molar-refractivity contribution in [3.63, 3.8) is 0 Å². The van der Waals surface area contributed by atoms with E-state index in [0.29, 0.717) is 11.1 Å². The minimum atomic E-state index is -0.210. The molecule has 0 spiro atoms. The zero-order chi connectivity index (χ0) is 21.5. The second-order valence-electron chi connectivity index (χ2n) is 6.81. The molecular weight excluding hydrogens is 402 g/mol. The second-order valence-corrected chi connectivity index (χ2v) is 7.81. The fraction of sp³-hybridized carbons (Fsp3) is 0.0385. The van der Waals surface area contributed by atoms with E-state index < -0.39 is 0 Å². The Balaban J connectivity index is 1.54. The highest BCUT2D eigenvalue weighted by Crippen LogP contribution is 2.28. The summed E-state index contributed by atoms with van der Waals surface area (Å²) in [4.78, 5) is 17.4. The number of pyridine rings is 1. The number of carbonyl (C=O) groups is 1. The number of hydrogen-bond acceptors (Lipinski definition) is 4. The van der Waals surface area contributed by atoms with Gasteiger partial charge >= 0.3 is 0 Å². The van der Waals surface area contributed by atoms with Crippen LogP contribution in [0.2, 0.25) is 0 Å². The molecule has 0 saturated carbocycles. The van der Waals surface area contributed by atoms with Gasteiger partial charge in [-0.3, -0.25) is 4.79 Å². The van der Waals surface area contributed by atoms with E-state index in [1.165, 1.54) is 0 Å². The summed E-state index contributed by atoms with van der Waals surface area (Å²) in [6, 6.07) is 30.5. The monoisotopic (exact) mass is 421 g/mol. The van der Waals surface area contributed by atoms with Crippen LogP contribution in [-0.4, -0.2) is 10.9 Å². The molecule has 1 N–H and O–H groups in total. The van der Waals surface area contributed by atoms with Crippen LogP contribution < -0.4 is 5.32 Å². The van der Waals surface area contributed by atoms with Crippen molar-refractivity contribution in [2.75, 3.05) is 5.32 Å². The summed E-state index contributed by atoms with van der Waals surface area (Å²) in [5.74, 6) is 0.546. The number of amides is 1. The maximum absolute atomic E-state index is 13.1. The molecule has 0 aliphatic rings. The van der Waals surface area contributed by atoms with Crippen molar-refractivity contribution in [2.45, 2.75) is 10.8 Å². The zero-order valence-electron chi connectivity index (χ0n) is 16.7. The van der Waals surface area contributed by atoms with Crippen LogP contribution in [0.25, 0.3) is 11.1 Å². The number of nitrogens with one attached hydrogen (secondary N) is 1. The van der Waals surface area contributed by atoms with Gasteiger partial charge in [0.2, 0.25) is 0 Å². The number of hydrogen-bond donors (Lipinski definition) is 1. The SMILES string of the molecule is N#Cc1ccccc1-c1ccccc1C(=O)Nc1cccc(CSc2ccccn2)c1. The Hall–Kier alpha value is -3.88. The van der Waals surface area contributed by atoms with Gasteiger partial charge in [-0.15, -0.1) is 11.8 Å². The van der Waals surface area contributed by atoms with Crippen LogP contribution in [0.3, 0.4) is 0 Å². The van der Waals surface area contributed by atoms with E-state index in [1.54, 1.807) is 30.1 Å². The van der Waals surface area contributed by atoms with Gasteiger partial charge in [-0.1, -0.05) is 54.6 Å². The van der Waals surface area contributed by atoms with E-state index >= 15 is 0 Å². The summed E-state index contributed by atoms with van der Waals surface area (Å²) in [7, 11) is 0. The third-order valence-electron chi connectivity index (χ3n) is 4.72. The maximum Gasteiger partial charge on any atom is 0.256 e. The maximum atomic E-state index is 13.1. The van der Waals surface area contributed by atoms with Crippen LogP contribution in [0.15, 0.2) is 102 Å². The minimum absolute atomic E-state index is 0.210. The Kier molecular flexibility index (Phi) is 6.41. The van der Waals surface area contributed by atoms with Crippen LogP contribution in [-0.2, 0) is 5.75 Å². The van der Waals surface area contributed by atoms with Gasteiger partial charge in [0.15, 0.2) is 0 Å². The van der Waals surface area contributed by atoms with E-state index in [4.69, 9.17) is 0 Å². The summed E-state index contributed by atoms with van der Waals surface area (Å²) < 4.78 is 0. The molecule has 1 aromatic heterocycles. The molecular formula is C26H19N3OS. The van der Waals surface area contributed by atoms with Crippen LogP contribution in [0, 0.1) is 11.3 Å². The molecule has 1 heterocycles. The zero-order valence-corrected chi connectivity index (χ0v) is 17.5. The molecule has 4 rings (SSSR count). The van der Waals surface area contributed by atoms with Crippen molar-refractivity contribution in [3.05, 3.63) is 114 Å². The van der Waals surface area contributed by atoms with E-state index in [-0.39, 0.29) is 5.91 Å². The smallest absolute Gasteiger partial charge is 0.256 e. The largest absolute Gasteiger partial charge is 0.322 e. The summed E-state index contributed by atoms with van der Waals surface area (Å²) in [5.41, 5.74) is 4.37. The van der Waals surface area contributed by atoms with Gasteiger partial charge in [-0.05, 0) is 47.5 Å². The van der Waals surface area contributed by atoms with Gasteiger partial charge in [-0.2, -0.15) is 5.26 Å². The van der Waals surface area contributed by atoms with Crippen molar-refractivity contribution in [1.29, 1.82) is 5.26 Å². The van der Waals surface area contributed by atoms with Crippen LogP contribution >= 0.6 is 11.8 Å². The lowest BCUT2D eigenvalue weighted by Gasteiger charge is -2.12. The summed E-state index contributed by atoms with van der Waals surface area (Å²) in [6.07, 6.45) is 1.78. The predicted octanol–water partition coefficient (Wildman–Crippen LogP) is 6.16. The summed E-state index contributed by atoms with van der Waals surface area (Å²) >= 11 is 1.65. The van der Waals surface area contributed by atoms with Gasteiger partial charge in [0.25, 0.3) is 5.91 Å². The number of thioether (sulfide) groups is 1. The summed E-state index contributed by atoms with van der Waals surface area (Å²) in [5, 5.41) is 13.4. The highest BCUT2D eigenvalue weighted by atomic mass is 32.2. The third-order valence-corrected chi connectivity index (χ3v) is 5.73. The first kappa shape index (κ1) is 20.4. The van der Waals surface area contributed by atoms with E-state index in [1.807, 2.05) is 78.9 Å². The fourth-order valence-corrected chi connectivity index (χ4v) is 4.06. The number of nitrogens with zero attached hydrogens (tertiary/aromatic N) is 2. The van der Waals surface area contributed by atoms with E-state index in [0.717, 1.165) is 33.2 Å². The number of nitriles is 1. The third kappa shape index (κ3) is 5.00. The number of aromatic nitrogens is 1. The van der Waals surface area contributed by atoms with Crippen LogP contribution in [0.4, 0.5) is 5.69 Å². The average molecular weight is 422 g/mol. The Morgan fingerprint density at radius 2 is 1.68 bits per heavy atom. The highest BCUT2D eigenvalue weighted by Gasteiger charge is 2.15. The number of carbonyl (C=O) groups excluding carboxylic acids is 1. The van der Waals surface area contributed by atoms with Gasteiger partial charge < -0.3 is 5.32 Å². The molecule has 31 heavy (non-hydrogen) atoms. The van der Waals surface area contributed by atoms with E-state index in [2.05, 4.69) is 16.4 Å². The molecule has 0 fully saturated rings. The lowest BCUT2D eigenvalue weighted by atomic mass is 9.95. The lowest BCUT2D eigenvalue weighted by Crippen LogP contribution is -2.13. The fourth-order valence-electron chi connectivity index (χ4n) is 3.26. The predicted molar refractivity (Wildman–Crippen MR) is 125 cm³/mol. The first-order chi connectivity index (χ1) is 15.2. The Bertz CT molecular complexity index is 1250. The van der Waals surface area contributed by atoms with Gasteiger partial charge in [-0.25, -0.2) is 4.98 Å². The van der Waals surface area contributed by atoms with E-state index in [9.17, 15) is 10.1 Å². The molecule has 150 valence electrons. The van der Waals surface area contributed by atoms with Crippen molar-refractivity contribution >= 4 is 23.4 Å². The minimum Gasteiger partial charge on any atom is -0.322 e. The van der Waals surface area contributed by atoms with Gasteiger partial charge in [0.1, 0.15) is 0 Å². The molecule has 0 aliphatic carbocycles. The van der Waals surface area contributed by atoms with Gasteiger partial charge in [0.05, 0.1) is 16.7 Å². The molecule has 1 amide bonds. The second kappa shape index (κ2) is 9.75. The molecule has 0 radical (unpaired) electrons. The molecule has 3 aromatic carbocycles. The van der Waals surface area contributed by atoms with Crippen molar-refractivity contribution in [3.8, 4) is 17.2 Å². The first-order valence-electron chi connectivity index (χ1n) is 9.77. The van der Waals surface area contributed by atoms with Crippen LogP contribution in [0.5, 0.6) is 0 Å².